The lowest BCUT2D eigenvalue weighted by Crippen LogP contribution is -2.37. The SMILES string of the molecule is CCC(C)C(NC)C1PC1C. The standard InChI is InChI=1S/C9H20NP/c1-5-6(2)8(10-4)9-7(3)11-9/h6-11H,5H2,1-4H3. The molecule has 0 saturated carbocycles. The van der Waals surface area contributed by atoms with E-state index in [1.807, 2.05) is 0 Å². The lowest BCUT2D eigenvalue weighted by molar-refractivity contribution is 0.391. The van der Waals surface area contributed by atoms with Gasteiger partial charge in [0.05, 0.1) is 0 Å². The number of hydrogen-bond acceptors (Lipinski definition) is 1. The number of rotatable bonds is 4. The molecule has 1 saturated heterocycles. The van der Waals surface area contributed by atoms with Gasteiger partial charge in [0.15, 0.2) is 0 Å². The summed E-state index contributed by atoms with van der Waals surface area (Å²) in [5.41, 5.74) is 2.00. The van der Waals surface area contributed by atoms with Gasteiger partial charge in [0.2, 0.25) is 0 Å². The molecule has 11 heavy (non-hydrogen) atoms. The summed E-state index contributed by atoms with van der Waals surface area (Å²) in [6, 6.07) is 0.785. The predicted octanol–water partition coefficient (Wildman–Crippen LogP) is 2.07. The first-order valence-electron chi connectivity index (χ1n) is 4.64. The Hall–Kier alpha value is 0.390. The molecule has 2 heteroatoms. The Morgan fingerprint density at radius 2 is 2.09 bits per heavy atom. The van der Waals surface area contributed by atoms with Crippen LogP contribution in [0.25, 0.3) is 0 Å². The Labute approximate surface area is 72.1 Å². The molecule has 1 rings (SSSR count). The van der Waals surface area contributed by atoms with Gasteiger partial charge in [-0.15, -0.1) is 8.58 Å². The fourth-order valence-corrected chi connectivity index (χ4v) is 3.14. The predicted molar refractivity (Wildman–Crippen MR) is 53.9 cm³/mol. The second kappa shape index (κ2) is 3.87. The van der Waals surface area contributed by atoms with Crippen LogP contribution < -0.4 is 5.32 Å². The molecule has 1 N–H and O–H groups in total. The molecule has 1 heterocycles. The minimum atomic E-state index is 0.785. The van der Waals surface area contributed by atoms with Gasteiger partial charge in [-0.3, -0.25) is 0 Å². The Morgan fingerprint density at radius 3 is 2.36 bits per heavy atom. The topological polar surface area (TPSA) is 12.0 Å². The maximum Gasteiger partial charge on any atom is 0.0161 e. The van der Waals surface area contributed by atoms with Crippen LogP contribution in [0.15, 0.2) is 0 Å². The quantitative estimate of drug-likeness (QED) is 0.642. The molecule has 0 amide bonds. The monoisotopic (exact) mass is 173 g/mol. The number of nitrogens with one attached hydrogen (secondary N) is 1. The van der Waals surface area contributed by atoms with Gasteiger partial charge in [0.25, 0.3) is 0 Å². The summed E-state index contributed by atoms with van der Waals surface area (Å²) in [5, 5.41) is 3.45. The fourth-order valence-electron chi connectivity index (χ4n) is 1.73. The maximum atomic E-state index is 3.45. The third-order valence-corrected chi connectivity index (χ3v) is 4.61. The highest BCUT2D eigenvalue weighted by atomic mass is 31.1. The van der Waals surface area contributed by atoms with E-state index >= 15 is 0 Å². The van der Waals surface area contributed by atoms with Crippen molar-refractivity contribution in [1.29, 1.82) is 0 Å². The van der Waals surface area contributed by atoms with Crippen molar-refractivity contribution in [3.8, 4) is 0 Å². The van der Waals surface area contributed by atoms with Gasteiger partial charge in [0.1, 0.15) is 0 Å². The highest BCUT2D eigenvalue weighted by Gasteiger charge is 2.40. The smallest absolute Gasteiger partial charge is 0.0161 e. The molecule has 1 aliphatic heterocycles. The van der Waals surface area contributed by atoms with Crippen LogP contribution >= 0.6 is 8.58 Å². The highest BCUT2D eigenvalue weighted by Crippen LogP contribution is 2.51. The molecule has 0 spiro atoms. The molecule has 1 fully saturated rings. The zero-order chi connectivity index (χ0) is 8.43. The van der Waals surface area contributed by atoms with Crippen molar-refractivity contribution in [2.75, 3.05) is 7.05 Å². The van der Waals surface area contributed by atoms with Crippen molar-refractivity contribution in [3.05, 3.63) is 0 Å². The second-order valence-electron chi connectivity index (χ2n) is 3.68. The van der Waals surface area contributed by atoms with E-state index in [9.17, 15) is 0 Å². The third kappa shape index (κ3) is 2.16. The molecule has 1 nitrogen and oxygen atoms in total. The summed E-state index contributed by atoms with van der Waals surface area (Å²) in [6.07, 6.45) is 1.30. The van der Waals surface area contributed by atoms with E-state index in [2.05, 4.69) is 33.1 Å². The Kier molecular flexibility index (Phi) is 3.33. The zero-order valence-electron chi connectivity index (χ0n) is 8.02. The van der Waals surface area contributed by atoms with Gasteiger partial charge < -0.3 is 5.32 Å². The molecule has 5 unspecified atom stereocenters. The first-order valence-corrected chi connectivity index (χ1v) is 5.79. The summed E-state index contributed by atoms with van der Waals surface area (Å²) >= 11 is 0. The van der Waals surface area contributed by atoms with Crippen LogP contribution in [0.3, 0.4) is 0 Å². The lowest BCUT2D eigenvalue weighted by Gasteiger charge is -2.21. The average Bonchev–Trinajstić information content (AvgIpc) is 2.68. The molecular formula is C9H20NP. The zero-order valence-corrected chi connectivity index (χ0v) is 9.02. The molecule has 5 atom stereocenters. The van der Waals surface area contributed by atoms with Crippen molar-refractivity contribution in [2.45, 2.75) is 44.6 Å². The summed E-state index contributed by atoms with van der Waals surface area (Å²) in [5.74, 6) is 0.849. The van der Waals surface area contributed by atoms with Crippen LogP contribution in [0, 0.1) is 5.92 Å². The van der Waals surface area contributed by atoms with Gasteiger partial charge in [-0.25, -0.2) is 0 Å². The summed E-state index contributed by atoms with van der Waals surface area (Å²) in [4.78, 5) is 0. The third-order valence-electron chi connectivity index (χ3n) is 2.86. The molecule has 0 bridgehead atoms. The molecule has 0 aromatic carbocycles. The van der Waals surface area contributed by atoms with E-state index < -0.39 is 0 Å². The van der Waals surface area contributed by atoms with E-state index in [4.69, 9.17) is 0 Å². The summed E-state index contributed by atoms with van der Waals surface area (Å²) < 4.78 is 0. The van der Waals surface area contributed by atoms with E-state index in [1.54, 1.807) is 0 Å². The molecule has 66 valence electrons. The van der Waals surface area contributed by atoms with Crippen LogP contribution in [0.4, 0.5) is 0 Å². The van der Waals surface area contributed by atoms with Gasteiger partial charge in [0, 0.05) is 6.04 Å². The van der Waals surface area contributed by atoms with Crippen molar-refractivity contribution in [2.24, 2.45) is 5.92 Å². The molecule has 0 aromatic heterocycles. The Balaban J connectivity index is 2.37. The first-order chi connectivity index (χ1) is 5.20. The van der Waals surface area contributed by atoms with Crippen LogP contribution in [-0.2, 0) is 0 Å². The average molecular weight is 173 g/mol. The summed E-state index contributed by atoms with van der Waals surface area (Å²) in [6.45, 7) is 7.01. The van der Waals surface area contributed by atoms with Crippen LogP contribution in [0.2, 0.25) is 0 Å². The van der Waals surface area contributed by atoms with E-state index in [1.165, 1.54) is 15.0 Å². The maximum absolute atomic E-state index is 3.45. The largest absolute Gasteiger partial charge is 0.316 e. The van der Waals surface area contributed by atoms with Crippen LogP contribution in [0.1, 0.15) is 27.2 Å². The van der Waals surface area contributed by atoms with E-state index in [0.717, 1.165) is 23.3 Å². The van der Waals surface area contributed by atoms with Crippen molar-refractivity contribution >= 4 is 8.58 Å². The second-order valence-corrected chi connectivity index (χ2v) is 5.59. The van der Waals surface area contributed by atoms with Gasteiger partial charge in [-0.05, 0) is 24.3 Å². The molecule has 1 aliphatic rings. The molecular weight excluding hydrogens is 153 g/mol. The van der Waals surface area contributed by atoms with Crippen molar-refractivity contribution in [3.63, 3.8) is 0 Å². The van der Waals surface area contributed by atoms with E-state index in [0.29, 0.717) is 0 Å². The van der Waals surface area contributed by atoms with Gasteiger partial charge in [-0.1, -0.05) is 27.2 Å². The van der Waals surface area contributed by atoms with Gasteiger partial charge >= 0.3 is 0 Å². The van der Waals surface area contributed by atoms with Gasteiger partial charge in [-0.2, -0.15) is 0 Å². The van der Waals surface area contributed by atoms with Crippen LogP contribution in [0.5, 0.6) is 0 Å². The molecule has 0 radical (unpaired) electrons. The highest BCUT2D eigenvalue weighted by molar-refractivity contribution is 7.49. The van der Waals surface area contributed by atoms with E-state index in [-0.39, 0.29) is 0 Å². The Bertz CT molecular complexity index is 123. The Morgan fingerprint density at radius 1 is 1.55 bits per heavy atom. The minimum Gasteiger partial charge on any atom is -0.316 e. The lowest BCUT2D eigenvalue weighted by atomic mass is 9.95. The minimum absolute atomic E-state index is 0.785. The van der Waals surface area contributed by atoms with Crippen LogP contribution in [-0.4, -0.2) is 24.4 Å². The normalized spacial score (nSPS) is 37.1. The molecule has 0 aliphatic carbocycles. The first kappa shape index (κ1) is 9.48. The fraction of sp³-hybridized carbons (Fsp3) is 1.00. The molecule has 0 aromatic rings. The summed E-state index contributed by atoms with van der Waals surface area (Å²) in [7, 11) is 3.32. The van der Waals surface area contributed by atoms with Crippen molar-refractivity contribution in [1.82, 2.24) is 5.32 Å². The van der Waals surface area contributed by atoms with Crippen molar-refractivity contribution < 1.29 is 0 Å². The number of hydrogen-bond donors (Lipinski definition) is 1.